The zero-order valence-electron chi connectivity index (χ0n) is 10.3. The van der Waals surface area contributed by atoms with Gasteiger partial charge in [0.2, 0.25) is 0 Å². The maximum absolute atomic E-state index is 11.9. The van der Waals surface area contributed by atoms with Crippen molar-refractivity contribution < 1.29 is 0 Å². The molecule has 0 fully saturated rings. The number of nitrogens with zero attached hydrogens (tertiary/aromatic N) is 2. The molecule has 0 unspecified atom stereocenters. The van der Waals surface area contributed by atoms with Crippen LogP contribution >= 0.6 is 0 Å². The van der Waals surface area contributed by atoms with Crippen LogP contribution in [0.1, 0.15) is 5.56 Å². The predicted molar refractivity (Wildman–Crippen MR) is 75.5 cm³/mol. The van der Waals surface area contributed by atoms with Gasteiger partial charge < -0.3 is 5.43 Å². The number of pyridine rings is 2. The lowest BCUT2D eigenvalue weighted by Crippen LogP contribution is -2.28. The van der Waals surface area contributed by atoms with Crippen LogP contribution in [0.3, 0.4) is 0 Å². The van der Waals surface area contributed by atoms with E-state index in [0.717, 1.165) is 10.9 Å². The van der Waals surface area contributed by atoms with Crippen LogP contribution in [0.15, 0.2) is 65.6 Å². The minimum atomic E-state index is -0.109. The summed E-state index contributed by atoms with van der Waals surface area (Å²) in [4.78, 5) is 16.2. The van der Waals surface area contributed by atoms with Crippen LogP contribution in [-0.2, 0) is 6.54 Å². The number of rotatable bonds is 3. The summed E-state index contributed by atoms with van der Waals surface area (Å²) in [5.74, 6) is 0. The van der Waals surface area contributed by atoms with Crippen molar-refractivity contribution in [2.75, 3.05) is 5.43 Å². The lowest BCUT2D eigenvalue weighted by atomic mass is 10.2. The van der Waals surface area contributed by atoms with Gasteiger partial charge in [0.1, 0.15) is 0 Å². The molecule has 0 bridgehead atoms. The Labute approximate surface area is 110 Å². The molecule has 0 amide bonds. The van der Waals surface area contributed by atoms with Crippen LogP contribution < -0.4 is 11.0 Å². The largest absolute Gasteiger partial charge is 0.317 e. The summed E-state index contributed by atoms with van der Waals surface area (Å²) in [6, 6.07) is 17.1. The van der Waals surface area contributed by atoms with Gasteiger partial charge in [0.05, 0.1) is 6.54 Å². The Balaban J connectivity index is 1.96. The molecule has 0 aliphatic heterocycles. The summed E-state index contributed by atoms with van der Waals surface area (Å²) in [6.45, 7) is 0.580. The normalized spacial score (nSPS) is 10.5. The van der Waals surface area contributed by atoms with Crippen LogP contribution in [0, 0.1) is 0 Å². The molecule has 4 nitrogen and oxygen atoms in total. The van der Waals surface area contributed by atoms with Crippen molar-refractivity contribution in [3.8, 4) is 0 Å². The highest BCUT2D eigenvalue weighted by Crippen LogP contribution is 2.07. The second kappa shape index (κ2) is 4.94. The maximum atomic E-state index is 11.9. The van der Waals surface area contributed by atoms with Crippen molar-refractivity contribution in [2.24, 2.45) is 0 Å². The average molecular weight is 251 g/mol. The van der Waals surface area contributed by atoms with Crippen molar-refractivity contribution in [3.05, 3.63) is 76.7 Å². The number of aromatic nitrogens is 2. The summed E-state index contributed by atoms with van der Waals surface area (Å²) in [5.41, 5.74) is 4.76. The van der Waals surface area contributed by atoms with Crippen LogP contribution in [0.25, 0.3) is 11.0 Å². The third-order valence-corrected chi connectivity index (χ3v) is 2.94. The minimum Gasteiger partial charge on any atom is -0.317 e. The molecule has 2 heterocycles. The van der Waals surface area contributed by atoms with E-state index in [1.807, 2.05) is 42.5 Å². The van der Waals surface area contributed by atoms with Gasteiger partial charge in [-0.1, -0.05) is 30.3 Å². The standard InChI is InChI=1S/C15H13N3O/c19-14-9-8-13-7-4-10-16-15(13)18(14)17-11-12-5-2-1-3-6-12/h1-10,17H,11H2. The van der Waals surface area contributed by atoms with E-state index in [9.17, 15) is 4.79 Å². The molecule has 0 aliphatic rings. The topological polar surface area (TPSA) is 46.9 Å². The van der Waals surface area contributed by atoms with Gasteiger partial charge in [-0.2, -0.15) is 0 Å². The summed E-state index contributed by atoms with van der Waals surface area (Å²) >= 11 is 0. The molecule has 3 aromatic rings. The molecular formula is C15H13N3O. The van der Waals surface area contributed by atoms with Crippen LogP contribution in [-0.4, -0.2) is 9.66 Å². The van der Waals surface area contributed by atoms with Gasteiger partial charge in [0, 0.05) is 17.6 Å². The third kappa shape index (κ3) is 2.33. The molecule has 19 heavy (non-hydrogen) atoms. The molecule has 4 heteroatoms. The fraction of sp³-hybridized carbons (Fsp3) is 0.0667. The van der Waals surface area contributed by atoms with E-state index in [2.05, 4.69) is 10.4 Å². The smallest absolute Gasteiger partial charge is 0.270 e. The quantitative estimate of drug-likeness (QED) is 0.775. The molecule has 1 aromatic carbocycles. The first-order valence-corrected chi connectivity index (χ1v) is 6.09. The monoisotopic (exact) mass is 251 g/mol. The first-order chi connectivity index (χ1) is 9.34. The van der Waals surface area contributed by atoms with Gasteiger partial charge in [-0.15, -0.1) is 0 Å². The van der Waals surface area contributed by atoms with E-state index in [1.54, 1.807) is 18.3 Å². The van der Waals surface area contributed by atoms with Crippen molar-refractivity contribution in [1.82, 2.24) is 9.66 Å². The van der Waals surface area contributed by atoms with Crippen molar-refractivity contribution >= 4 is 11.0 Å². The number of fused-ring (bicyclic) bond motifs is 1. The molecule has 94 valence electrons. The summed E-state index contributed by atoms with van der Waals surface area (Å²) in [6.07, 6.45) is 1.68. The van der Waals surface area contributed by atoms with Gasteiger partial charge in [0.15, 0.2) is 5.65 Å². The molecular weight excluding hydrogens is 238 g/mol. The van der Waals surface area contributed by atoms with E-state index < -0.39 is 0 Å². The van der Waals surface area contributed by atoms with Crippen molar-refractivity contribution in [1.29, 1.82) is 0 Å². The maximum Gasteiger partial charge on any atom is 0.270 e. The highest BCUT2D eigenvalue weighted by molar-refractivity contribution is 5.74. The highest BCUT2D eigenvalue weighted by atomic mass is 16.1. The van der Waals surface area contributed by atoms with Gasteiger partial charge in [0.25, 0.3) is 5.56 Å². The first kappa shape index (κ1) is 11.5. The molecule has 0 spiro atoms. The third-order valence-electron chi connectivity index (χ3n) is 2.94. The molecule has 0 radical (unpaired) electrons. The van der Waals surface area contributed by atoms with E-state index in [-0.39, 0.29) is 5.56 Å². The fourth-order valence-electron chi connectivity index (χ4n) is 1.99. The number of benzene rings is 1. The summed E-state index contributed by atoms with van der Waals surface area (Å²) in [7, 11) is 0. The van der Waals surface area contributed by atoms with Crippen molar-refractivity contribution in [2.45, 2.75) is 6.54 Å². The zero-order chi connectivity index (χ0) is 13.1. The van der Waals surface area contributed by atoms with E-state index in [4.69, 9.17) is 0 Å². The lowest BCUT2D eigenvalue weighted by molar-refractivity contribution is 0.824. The summed E-state index contributed by atoms with van der Waals surface area (Å²) < 4.78 is 1.49. The van der Waals surface area contributed by atoms with Crippen molar-refractivity contribution in [3.63, 3.8) is 0 Å². The molecule has 0 saturated carbocycles. The molecule has 1 N–H and O–H groups in total. The zero-order valence-corrected chi connectivity index (χ0v) is 10.3. The van der Waals surface area contributed by atoms with Crippen LogP contribution in [0.4, 0.5) is 0 Å². The van der Waals surface area contributed by atoms with Gasteiger partial charge in [-0.3, -0.25) is 4.79 Å². The van der Waals surface area contributed by atoms with E-state index >= 15 is 0 Å². The Morgan fingerprint density at radius 1 is 1.00 bits per heavy atom. The second-order valence-corrected chi connectivity index (χ2v) is 4.24. The lowest BCUT2D eigenvalue weighted by Gasteiger charge is -2.11. The Hall–Kier alpha value is -2.62. The Morgan fingerprint density at radius 2 is 1.84 bits per heavy atom. The second-order valence-electron chi connectivity index (χ2n) is 4.24. The molecule has 2 aromatic heterocycles. The van der Waals surface area contributed by atoms with E-state index in [0.29, 0.717) is 12.2 Å². The predicted octanol–water partition coefficient (Wildman–Crippen LogP) is 2.14. The molecule has 3 rings (SSSR count). The van der Waals surface area contributed by atoms with Gasteiger partial charge >= 0.3 is 0 Å². The number of hydrogen-bond acceptors (Lipinski definition) is 3. The Kier molecular flexibility index (Phi) is 2.98. The highest BCUT2D eigenvalue weighted by Gasteiger charge is 2.02. The van der Waals surface area contributed by atoms with E-state index in [1.165, 1.54) is 4.68 Å². The van der Waals surface area contributed by atoms with Gasteiger partial charge in [-0.25, -0.2) is 9.66 Å². The van der Waals surface area contributed by atoms with Crippen LogP contribution in [0.2, 0.25) is 0 Å². The van der Waals surface area contributed by atoms with Crippen LogP contribution in [0.5, 0.6) is 0 Å². The molecule has 0 atom stereocenters. The molecule has 0 saturated heterocycles. The Bertz CT molecular complexity index is 750. The summed E-state index contributed by atoms with van der Waals surface area (Å²) in [5, 5.41) is 0.933. The number of nitrogens with one attached hydrogen (secondary N) is 1. The fourth-order valence-corrected chi connectivity index (χ4v) is 1.99. The molecule has 0 aliphatic carbocycles. The average Bonchev–Trinajstić information content (AvgIpc) is 2.47. The first-order valence-electron chi connectivity index (χ1n) is 6.09. The minimum absolute atomic E-state index is 0.109. The Morgan fingerprint density at radius 3 is 2.68 bits per heavy atom. The SMILES string of the molecule is O=c1ccc2cccnc2n1NCc1ccccc1. The van der Waals surface area contributed by atoms with Gasteiger partial charge in [-0.05, 0) is 23.8 Å². The number of hydrogen-bond donors (Lipinski definition) is 1.